The highest BCUT2D eigenvalue weighted by molar-refractivity contribution is 6.19. The summed E-state index contributed by atoms with van der Waals surface area (Å²) >= 11 is 0. The number of rotatable bonds is 7. The molecule has 1 fully saturated rings. The maximum Gasteiger partial charge on any atom is 0.416 e. The van der Waals surface area contributed by atoms with Gasteiger partial charge in [-0.3, -0.25) is 14.5 Å². The standard InChI is InChI=1S/C29H34F3N3O2/c1-20(22-8-6-10-24(18-22)33-21(2)36)27(37)34-28(13-4-3-5-14-28)15-17-35-16-12-25-23(19-35)9-7-11-26(25)29(30,31)32/h6-11,18H,1,3-5,12-17,19H2,2H3,(H,33,36)(H,34,37). The van der Waals surface area contributed by atoms with Gasteiger partial charge in [-0.1, -0.05) is 50.1 Å². The molecule has 1 aliphatic carbocycles. The fraction of sp³-hybridized carbons (Fsp3) is 0.448. The lowest BCUT2D eigenvalue weighted by atomic mass is 9.78. The lowest BCUT2D eigenvalue weighted by Gasteiger charge is -2.40. The molecule has 2 aliphatic rings. The molecule has 37 heavy (non-hydrogen) atoms. The van der Waals surface area contributed by atoms with Gasteiger partial charge >= 0.3 is 6.18 Å². The molecule has 0 bridgehead atoms. The molecule has 198 valence electrons. The molecule has 8 heteroatoms. The second-order valence-electron chi connectivity index (χ2n) is 10.3. The average Bonchev–Trinajstić information content (AvgIpc) is 2.86. The summed E-state index contributed by atoms with van der Waals surface area (Å²) < 4.78 is 40.3. The summed E-state index contributed by atoms with van der Waals surface area (Å²) in [6.45, 7) is 7.18. The normalized spacial score (nSPS) is 17.5. The van der Waals surface area contributed by atoms with Crippen molar-refractivity contribution >= 4 is 23.1 Å². The van der Waals surface area contributed by atoms with E-state index in [0.717, 1.165) is 44.1 Å². The summed E-state index contributed by atoms with van der Waals surface area (Å²) in [4.78, 5) is 26.9. The first-order valence-corrected chi connectivity index (χ1v) is 12.9. The molecule has 0 spiro atoms. The molecule has 2 aromatic rings. The van der Waals surface area contributed by atoms with Crippen LogP contribution in [0.5, 0.6) is 0 Å². The van der Waals surface area contributed by atoms with Crippen molar-refractivity contribution in [2.45, 2.75) is 70.1 Å². The molecular formula is C29H34F3N3O2. The van der Waals surface area contributed by atoms with Gasteiger partial charge < -0.3 is 10.6 Å². The highest BCUT2D eigenvalue weighted by atomic mass is 19.4. The van der Waals surface area contributed by atoms with E-state index in [1.54, 1.807) is 30.3 Å². The summed E-state index contributed by atoms with van der Waals surface area (Å²) in [6.07, 6.45) is 1.63. The number of carbonyl (C=O) groups excluding carboxylic acids is 2. The molecule has 0 radical (unpaired) electrons. The van der Waals surface area contributed by atoms with E-state index in [1.807, 2.05) is 0 Å². The van der Waals surface area contributed by atoms with Crippen LogP contribution < -0.4 is 10.6 Å². The quantitative estimate of drug-likeness (QED) is 0.450. The van der Waals surface area contributed by atoms with Crippen LogP contribution in [0.3, 0.4) is 0 Å². The smallest absolute Gasteiger partial charge is 0.347 e. The largest absolute Gasteiger partial charge is 0.416 e. The minimum Gasteiger partial charge on any atom is -0.347 e. The van der Waals surface area contributed by atoms with Crippen molar-refractivity contribution in [3.63, 3.8) is 0 Å². The van der Waals surface area contributed by atoms with E-state index in [-0.39, 0.29) is 17.4 Å². The summed E-state index contributed by atoms with van der Waals surface area (Å²) in [7, 11) is 0. The maximum atomic E-state index is 13.4. The van der Waals surface area contributed by atoms with Gasteiger partial charge in [0, 0.05) is 43.4 Å². The third kappa shape index (κ3) is 6.60. The zero-order valence-corrected chi connectivity index (χ0v) is 21.2. The van der Waals surface area contributed by atoms with Crippen LogP contribution in [0.1, 0.15) is 67.7 Å². The number of anilines is 1. The zero-order chi connectivity index (χ0) is 26.6. The fourth-order valence-electron chi connectivity index (χ4n) is 5.60. The van der Waals surface area contributed by atoms with Gasteiger partial charge in [-0.05, 0) is 60.6 Å². The van der Waals surface area contributed by atoms with Crippen molar-refractivity contribution in [3.8, 4) is 0 Å². The molecule has 1 aliphatic heterocycles. The molecule has 2 amide bonds. The van der Waals surface area contributed by atoms with Gasteiger partial charge in [0.1, 0.15) is 0 Å². The molecule has 2 aromatic carbocycles. The van der Waals surface area contributed by atoms with Gasteiger partial charge in [-0.2, -0.15) is 13.2 Å². The fourth-order valence-corrected chi connectivity index (χ4v) is 5.60. The molecule has 0 aromatic heterocycles. The van der Waals surface area contributed by atoms with Crippen LogP contribution >= 0.6 is 0 Å². The minimum absolute atomic E-state index is 0.191. The van der Waals surface area contributed by atoms with Crippen LogP contribution in [0.15, 0.2) is 49.0 Å². The average molecular weight is 514 g/mol. The Kier molecular flexibility index (Phi) is 8.07. The van der Waals surface area contributed by atoms with E-state index in [1.165, 1.54) is 19.1 Å². The van der Waals surface area contributed by atoms with E-state index < -0.39 is 11.7 Å². The Hall–Kier alpha value is -3.13. The molecule has 0 atom stereocenters. The molecule has 1 saturated carbocycles. The van der Waals surface area contributed by atoms with Crippen molar-refractivity contribution in [1.82, 2.24) is 10.2 Å². The topological polar surface area (TPSA) is 61.4 Å². The number of hydrogen-bond donors (Lipinski definition) is 2. The number of amides is 2. The number of nitrogens with zero attached hydrogens (tertiary/aromatic N) is 1. The third-order valence-corrected chi connectivity index (χ3v) is 7.55. The zero-order valence-electron chi connectivity index (χ0n) is 21.2. The summed E-state index contributed by atoms with van der Waals surface area (Å²) in [5, 5.41) is 6.00. The first-order valence-electron chi connectivity index (χ1n) is 12.9. The van der Waals surface area contributed by atoms with Gasteiger partial charge in [-0.15, -0.1) is 0 Å². The van der Waals surface area contributed by atoms with Gasteiger partial charge in [0.25, 0.3) is 5.91 Å². The highest BCUT2D eigenvalue weighted by Gasteiger charge is 2.37. The molecule has 2 N–H and O–H groups in total. The Morgan fingerprint density at radius 2 is 1.81 bits per heavy atom. The van der Waals surface area contributed by atoms with Gasteiger partial charge in [0.15, 0.2) is 0 Å². The highest BCUT2D eigenvalue weighted by Crippen LogP contribution is 2.36. The lowest BCUT2D eigenvalue weighted by molar-refractivity contribution is -0.138. The number of carbonyl (C=O) groups is 2. The number of alkyl halides is 3. The van der Waals surface area contributed by atoms with E-state index in [2.05, 4.69) is 22.1 Å². The Labute approximate surface area is 216 Å². The Morgan fingerprint density at radius 3 is 2.51 bits per heavy atom. The van der Waals surface area contributed by atoms with E-state index in [0.29, 0.717) is 48.4 Å². The Bertz CT molecular complexity index is 1170. The van der Waals surface area contributed by atoms with Crippen LogP contribution in [0, 0.1) is 0 Å². The van der Waals surface area contributed by atoms with Crippen LogP contribution in [0.4, 0.5) is 18.9 Å². The number of benzene rings is 2. The van der Waals surface area contributed by atoms with Crippen LogP contribution in [0.25, 0.3) is 5.57 Å². The van der Waals surface area contributed by atoms with E-state index in [9.17, 15) is 22.8 Å². The van der Waals surface area contributed by atoms with Crippen molar-refractivity contribution in [2.24, 2.45) is 0 Å². The van der Waals surface area contributed by atoms with Gasteiger partial charge in [0.2, 0.25) is 5.91 Å². The second-order valence-corrected chi connectivity index (χ2v) is 10.3. The summed E-state index contributed by atoms with van der Waals surface area (Å²) in [5.41, 5.74) is 1.82. The number of fused-ring (bicyclic) bond motifs is 1. The molecular weight excluding hydrogens is 479 g/mol. The molecule has 0 unspecified atom stereocenters. The predicted molar refractivity (Wildman–Crippen MR) is 139 cm³/mol. The SMILES string of the molecule is C=C(C(=O)NC1(CCN2CCc3c(cccc3C(F)(F)F)C2)CCCCC1)c1cccc(NC(C)=O)c1. The lowest BCUT2D eigenvalue weighted by Crippen LogP contribution is -2.52. The Morgan fingerprint density at radius 1 is 1.08 bits per heavy atom. The van der Waals surface area contributed by atoms with Crippen molar-refractivity contribution in [2.75, 3.05) is 18.4 Å². The number of halogens is 3. The van der Waals surface area contributed by atoms with Gasteiger partial charge in [-0.25, -0.2) is 0 Å². The number of nitrogens with one attached hydrogen (secondary N) is 2. The van der Waals surface area contributed by atoms with Gasteiger partial charge in [0.05, 0.1) is 5.56 Å². The minimum atomic E-state index is -4.34. The molecule has 1 heterocycles. The maximum absolute atomic E-state index is 13.4. The third-order valence-electron chi connectivity index (χ3n) is 7.55. The molecule has 4 rings (SSSR count). The van der Waals surface area contributed by atoms with Crippen LogP contribution in [0.2, 0.25) is 0 Å². The first kappa shape index (κ1) is 26.9. The van der Waals surface area contributed by atoms with Crippen molar-refractivity contribution in [1.29, 1.82) is 0 Å². The molecule has 5 nitrogen and oxygen atoms in total. The van der Waals surface area contributed by atoms with E-state index in [4.69, 9.17) is 0 Å². The van der Waals surface area contributed by atoms with E-state index >= 15 is 0 Å². The van der Waals surface area contributed by atoms with Crippen LogP contribution in [-0.2, 0) is 28.7 Å². The Balaban J connectivity index is 1.43. The summed E-state index contributed by atoms with van der Waals surface area (Å²) in [6, 6.07) is 11.5. The number of hydrogen-bond acceptors (Lipinski definition) is 3. The predicted octanol–water partition coefficient (Wildman–Crippen LogP) is 5.94. The molecule has 0 saturated heterocycles. The monoisotopic (exact) mass is 513 g/mol. The van der Waals surface area contributed by atoms with Crippen LogP contribution in [-0.4, -0.2) is 35.3 Å². The van der Waals surface area contributed by atoms with Crippen molar-refractivity contribution < 1.29 is 22.8 Å². The first-order chi connectivity index (χ1) is 17.6. The van der Waals surface area contributed by atoms with Crippen molar-refractivity contribution in [3.05, 3.63) is 71.3 Å². The second kappa shape index (κ2) is 11.1. The summed E-state index contributed by atoms with van der Waals surface area (Å²) in [5.74, 6) is -0.427.